The van der Waals surface area contributed by atoms with Gasteiger partial charge in [-0.2, -0.15) is 0 Å². The maximum atomic E-state index is 13.6. The summed E-state index contributed by atoms with van der Waals surface area (Å²) in [7, 11) is 0. The number of benzene rings is 4. The molecule has 1 aliphatic carbocycles. The predicted molar refractivity (Wildman–Crippen MR) is 173 cm³/mol. The van der Waals surface area contributed by atoms with Crippen molar-refractivity contribution < 1.29 is 33.7 Å². The summed E-state index contributed by atoms with van der Waals surface area (Å²) in [6, 6.07) is 32.0. The molecule has 3 N–H and O–H groups in total. The van der Waals surface area contributed by atoms with Crippen LogP contribution in [-0.2, 0) is 37.0 Å². The first-order chi connectivity index (χ1) is 22.3. The molecule has 0 bridgehead atoms. The number of nitrogens with one attached hydrogen (secondary N) is 2. The Bertz CT molecular complexity index is 1580. The molecule has 9 nitrogen and oxygen atoms in total. The van der Waals surface area contributed by atoms with Crippen LogP contribution in [0.5, 0.6) is 0 Å². The van der Waals surface area contributed by atoms with E-state index in [4.69, 9.17) is 14.2 Å². The number of amides is 2. The lowest BCUT2D eigenvalue weighted by Gasteiger charge is -2.28. The number of alkyl carbamates (subject to hydrolysis) is 1. The zero-order chi connectivity index (χ0) is 32.5. The average Bonchev–Trinajstić information content (AvgIpc) is 3.40. The standard InChI is InChI=1S/C37H38N2O7/c1-24(44-21-26-13-5-3-6-14-26)33(35(40)38-34(36(41)42)25(2)45-22-27-15-7-4-8-16-27)39-37(43)46-23-32-30-19-11-9-17-28(30)29-18-10-12-20-31(29)32/h3-20,24-25,32-34H,21-23H2,1-2H3,(H,38,40)(H,39,43)(H,41,42)/t24?,25-,33?,34+/m1/s1. The SMILES string of the molecule is CC(OCc1ccccc1)C(NC(=O)OCC1c2ccccc2-c2ccccc21)C(=O)N[C@H](C(=O)O)[C@@H](C)OCc1ccccc1. The molecule has 1 aliphatic rings. The van der Waals surface area contributed by atoms with Crippen molar-refractivity contribution in [2.45, 2.75) is 57.3 Å². The van der Waals surface area contributed by atoms with Crippen LogP contribution in [0.2, 0.25) is 0 Å². The molecule has 2 amide bonds. The van der Waals surface area contributed by atoms with Crippen LogP contribution >= 0.6 is 0 Å². The third-order valence-electron chi connectivity index (χ3n) is 8.11. The smallest absolute Gasteiger partial charge is 0.407 e. The summed E-state index contributed by atoms with van der Waals surface area (Å²) in [6.45, 7) is 3.61. The van der Waals surface area contributed by atoms with Crippen LogP contribution in [0.1, 0.15) is 42.0 Å². The number of carboxylic acid groups (broad SMARTS) is 1. The van der Waals surface area contributed by atoms with Crippen LogP contribution in [0, 0.1) is 0 Å². The molecule has 4 aromatic rings. The highest BCUT2D eigenvalue weighted by molar-refractivity contribution is 5.90. The van der Waals surface area contributed by atoms with E-state index >= 15 is 0 Å². The van der Waals surface area contributed by atoms with Gasteiger partial charge in [0.2, 0.25) is 5.91 Å². The van der Waals surface area contributed by atoms with Crippen molar-refractivity contribution in [3.05, 3.63) is 131 Å². The Morgan fingerprint density at radius 3 is 1.61 bits per heavy atom. The number of carbonyl (C=O) groups excluding carboxylic acids is 2. The first-order valence-electron chi connectivity index (χ1n) is 15.3. The number of aliphatic carboxylic acids is 1. The van der Waals surface area contributed by atoms with Crippen LogP contribution in [0.25, 0.3) is 11.1 Å². The van der Waals surface area contributed by atoms with Gasteiger partial charge in [-0.25, -0.2) is 9.59 Å². The van der Waals surface area contributed by atoms with Crippen molar-refractivity contribution in [2.24, 2.45) is 0 Å². The van der Waals surface area contributed by atoms with E-state index in [1.54, 1.807) is 13.8 Å². The Morgan fingerprint density at radius 2 is 1.11 bits per heavy atom. The molecule has 0 radical (unpaired) electrons. The second-order valence-electron chi connectivity index (χ2n) is 11.3. The summed E-state index contributed by atoms with van der Waals surface area (Å²) >= 11 is 0. The predicted octanol–water partition coefficient (Wildman–Crippen LogP) is 5.67. The molecule has 46 heavy (non-hydrogen) atoms. The Labute approximate surface area is 268 Å². The largest absolute Gasteiger partial charge is 0.480 e. The zero-order valence-corrected chi connectivity index (χ0v) is 25.8. The summed E-state index contributed by atoms with van der Waals surface area (Å²) < 4.78 is 17.5. The Kier molecular flexibility index (Phi) is 10.8. The Morgan fingerprint density at radius 1 is 0.652 bits per heavy atom. The number of hydrogen-bond acceptors (Lipinski definition) is 6. The number of rotatable bonds is 14. The highest BCUT2D eigenvalue weighted by atomic mass is 16.5. The summed E-state index contributed by atoms with van der Waals surface area (Å²) in [5.74, 6) is -2.18. The van der Waals surface area contributed by atoms with Gasteiger partial charge < -0.3 is 30.0 Å². The summed E-state index contributed by atoms with van der Waals surface area (Å²) in [5.41, 5.74) is 6.04. The van der Waals surface area contributed by atoms with Gasteiger partial charge in [0.1, 0.15) is 12.6 Å². The fourth-order valence-electron chi connectivity index (χ4n) is 5.58. The number of hydrogen-bond donors (Lipinski definition) is 3. The first kappa shape index (κ1) is 32.4. The van der Waals surface area contributed by atoms with E-state index in [2.05, 4.69) is 10.6 Å². The lowest BCUT2D eigenvalue weighted by molar-refractivity contribution is -0.147. The van der Waals surface area contributed by atoms with Crippen molar-refractivity contribution in [3.8, 4) is 11.1 Å². The molecule has 9 heteroatoms. The lowest BCUT2D eigenvalue weighted by atomic mass is 9.98. The van der Waals surface area contributed by atoms with Crippen LogP contribution in [0.4, 0.5) is 4.79 Å². The Hall–Kier alpha value is -4.99. The monoisotopic (exact) mass is 622 g/mol. The molecule has 2 unspecified atom stereocenters. The molecule has 0 aromatic heterocycles. The fourth-order valence-corrected chi connectivity index (χ4v) is 5.58. The molecule has 0 aliphatic heterocycles. The topological polar surface area (TPSA) is 123 Å². The van der Waals surface area contributed by atoms with Crippen molar-refractivity contribution in [1.82, 2.24) is 10.6 Å². The maximum absolute atomic E-state index is 13.6. The van der Waals surface area contributed by atoms with Gasteiger partial charge in [-0.1, -0.05) is 109 Å². The molecule has 0 saturated heterocycles. The summed E-state index contributed by atoms with van der Waals surface area (Å²) in [4.78, 5) is 39.1. The third kappa shape index (κ3) is 7.99. The fraction of sp³-hybridized carbons (Fsp3) is 0.270. The van der Waals surface area contributed by atoms with E-state index in [1.807, 2.05) is 109 Å². The first-order valence-corrected chi connectivity index (χ1v) is 15.3. The van der Waals surface area contributed by atoms with Crippen molar-refractivity contribution in [3.63, 3.8) is 0 Å². The van der Waals surface area contributed by atoms with Gasteiger partial charge in [0.25, 0.3) is 0 Å². The molecule has 0 spiro atoms. The normalized spacial score (nSPS) is 14.7. The zero-order valence-electron chi connectivity index (χ0n) is 25.8. The molecule has 4 aromatic carbocycles. The minimum Gasteiger partial charge on any atom is -0.480 e. The van der Waals surface area contributed by atoms with Crippen LogP contribution in [0.3, 0.4) is 0 Å². The van der Waals surface area contributed by atoms with Gasteiger partial charge in [-0.3, -0.25) is 4.79 Å². The van der Waals surface area contributed by atoms with Gasteiger partial charge in [0.05, 0.1) is 25.4 Å². The van der Waals surface area contributed by atoms with Gasteiger partial charge in [-0.05, 0) is 47.2 Å². The molecule has 4 atom stereocenters. The van der Waals surface area contributed by atoms with Crippen LogP contribution in [-0.4, -0.2) is 54.0 Å². The van der Waals surface area contributed by atoms with E-state index in [0.29, 0.717) is 0 Å². The van der Waals surface area contributed by atoms with E-state index in [0.717, 1.165) is 33.4 Å². The minimum absolute atomic E-state index is 0.0512. The second-order valence-corrected chi connectivity index (χ2v) is 11.3. The molecule has 0 heterocycles. The Balaban J connectivity index is 1.27. The quantitative estimate of drug-likeness (QED) is 0.166. The van der Waals surface area contributed by atoms with Crippen LogP contribution < -0.4 is 10.6 Å². The van der Waals surface area contributed by atoms with Crippen molar-refractivity contribution in [1.29, 1.82) is 0 Å². The maximum Gasteiger partial charge on any atom is 0.407 e. The van der Waals surface area contributed by atoms with Gasteiger partial charge in [-0.15, -0.1) is 0 Å². The average molecular weight is 623 g/mol. The van der Waals surface area contributed by atoms with E-state index in [9.17, 15) is 19.5 Å². The third-order valence-corrected chi connectivity index (χ3v) is 8.11. The molecule has 5 rings (SSSR count). The van der Waals surface area contributed by atoms with Gasteiger partial charge in [0, 0.05) is 5.92 Å². The number of carbonyl (C=O) groups is 3. The van der Waals surface area contributed by atoms with Gasteiger partial charge >= 0.3 is 12.1 Å². The van der Waals surface area contributed by atoms with Crippen LogP contribution in [0.15, 0.2) is 109 Å². The molecule has 0 saturated carbocycles. The second kappa shape index (κ2) is 15.3. The van der Waals surface area contributed by atoms with E-state index in [-0.39, 0.29) is 25.7 Å². The van der Waals surface area contributed by atoms with E-state index in [1.165, 1.54) is 0 Å². The van der Waals surface area contributed by atoms with Crippen molar-refractivity contribution in [2.75, 3.05) is 6.61 Å². The van der Waals surface area contributed by atoms with Gasteiger partial charge in [0.15, 0.2) is 6.04 Å². The summed E-state index contributed by atoms with van der Waals surface area (Å²) in [6.07, 6.45) is -2.54. The lowest BCUT2D eigenvalue weighted by Crippen LogP contribution is -2.58. The summed E-state index contributed by atoms with van der Waals surface area (Å²) in [5, 5.41) is 15.2. The molecule has 238 valence electrons. The molecule has 0 fully saturated rings. The van der Waals surface area contributed by atoms with E-state index < -0.39 is 42.3 Å². The minimum atomic E-state index is -1.38. The highest BCUT2D eigenvalue weighted by Gasteiger charge is 2.35. The van der Waals surface area contributed by atoms with Crippen molar-refractivity contribution >= 4 is 18.0 Å². The number of fused-ring (bicyclic) bond motifs is 3. The highest BCUT2D eigenvalue weighted by Crippen LogP contribution is 2.44. The molecular formula is C37H38N2O7. The molecular weight excluding hydrogens is 584 g/mol. The number of ether oxygens (including phenoxy) is 3. The number of carboxylic acids is 1.